The van der Waals surface area contributed by atoms with Crippen molar-refractivity contribution in [1.29, 1.82) is 0 Å². The normalized spacial score (nSPS) is 21.0. The van der Waals surface area contributed by atoms with Gasteiger partial charge in [-0.05, 0) is 56.4 Å². The Morgan fingerprint density at radius 3 is 2.74 bits per heavy atom. The molecular formula is C20H32O3. The number of aliphatic carboxylic acids is 1. The molecule has 1 aliphatic rings. The average molecular weight is 320 g/mol. The molecule has 1 rings (SSSR count). The quantitative estimate of drug-likeness (QED) is 0.410. The molecule has 130 valence electrons. The largest absolute Gasteiger partial charge is 0.481 e. The number of hydrogen-bond acceptors (Lipinski definition) is 2. The minimum absolute atomic E-state index is 0.309. The van der Waals surface area contributed by atoms with Gasteiger partial charge in [0.1, 0.15) is 6.10 Å². The van der Waals surface area contributed by atoms with Crippen molar-refractivity contribution in [2.75, 3.05) is 0 Å². The number of carboxylic acids is 1. The lowest BCUT2D eigenvalue weighted by molar-refractivity contribution is -0.137. The lowest BCUT2D eigenvalue weighted by Crippen LogP contribution is -2.01. The third kappa shape index (κ3) is 11.0. The zero-order chi connectivity index (χ0) is 16.9. The summed E-state index contributed by atoms with van der Waals surface area (Å²) < 4.78 is 0. The van der Waals surface area contributed by atoms with Gasteiger partial charge in [-0.25, -0.2) is 0 Å². The van der Waals surface area contributed by atoms with Crippen molar-refractivity contribution in [2.24, 2.45) is 11.8 Å². The van der Waals surface area contributed by atoms with Crippen LogP contribution in [0.3, 0.4) is 0 Å². The smallest absolute Gasteiger partial charge is 0.303 e. The van der Waals surface area contributed by atoms with Crippen molar-refractivity contribution < 1.29 is 15.0 Å². The van der Waals surface area contributed by atoms with E-state index >= 15 is 0 Å². The Hall–Kier alpha value is -1.27. The molecule has 0 saturated heterocycles. The Balaban J connectivity index is 1.98. The Kier molecular flexibility index (Phi) is 10.5. The zero-order valence-corrected chi connectivity index (χ0v) is 14.5. The monoisotopic (exact) mass is 320 g/mol. The van der Waals surface area contributed by atoms with Crippen LogP contribution in [0.15, 0.2) is 12.2 Å². The van der Waals surface area contributed by atoms with E-state index in [-0.39, 0.29) is 0 Å². The lowest BCUT2D eigenvalue weighted by atomic mass is 10.1. The van der Waals surface area contributed by atoms with Crippen molar-refractivity contribution in [3.05, 3.63) is 12.2 Å². The fraction of sp³-hybridized carbons (Fsp3) is 0.750. The van der Waals surface area contributed by atoms with E-state index < -0.39 is 12.1 Å². The summed E-state index contributed by atoms with van der Waals surface area (Å²) >= 11 is 0. The van der Waals surface area contributed by atoms with Crippen LogP contribution in [0.4, 0.5) is 0 Å². The molecule has 0 unspecified atom stereocenters. The minimum atomic E-state index is -0.681. The molecule has 3 nitrogen and oxygen atoms in total. The van der Waals surface area contributed by atoms with E-state index in [1.54, 1.807) is 0 Å². The average Bonchev–Trinajstić information content (AvgIpc) is 3.26. The first-order valence-corrected chi connectivity index (χ1v) is 9.19. The van der Waals surface area contributed by atoms with Gasteiger partial charge in [-0.1, -0.05) is 50.5 Å². The van der Waals surface area contributed by atoms with Gasteiger partial charge in [0.05, 0.1) is 0 Å². The molecule has 1 fully saturated rings. The maximum absolute atomic E-state index is 10.4. The molecule has 0 aliphatic heterocycles. The van der Waals surface area contributed by atoms with Crippen LogP contribution in [0, 0.1) is 23.7 Å². The van der Waals surface area contributed by atoms with Gasteiger partial charge in [0.25, 0.3) is 0 Å². The van der Waals surface area contributed by atoms with Gasteiger partial charge in [0, 0.05) is 6.42 Å². The Labute approximate surface area is 141 Å². The SMILES string of the molecule is CCCCC[C@@H](O)C#CC=CCC[C@H]1C[C@H]1CCCCC(=O)O. The van der Waals surface area contributed by atoms with Crippen molar-refractivity contribution in [3.8, 4) is 11.8 Å². The Morgan fingerprint density at radius 1 is 1.22 bits per heavy atom. The second-order valence-electron chi connectivity index (χ2n) is 6.68. The molecule has 0 heterocycles. The van der Waals surface area contributed by atoms with Crippen molar-refractivity contribution in [1.82, 2.24) is 0 Å². The highest BCUT2D eigenvalue weighted by Crippen LogP contribution is 2.45. The summed E-state index contributed by atoms with van der Waals surface area (Å²) in [6.45, 7) is 2.15. The van der Waals surface area contributed by atoms with E-state index in [1.807, 2.05) is 6.08 Å². The van der Waals surface area contributed by atoms with Crippen LogP contribution in [-0.4, -0.2) is 22.3 Å². The number of aliphatic hydroxyl groups excluding tert-OH is 1. The maximum atomic E-state index is 10.4. The van der Waals surface area contributed by atoms with E-state index in [4.69, 9.17) is 5.11 Å². The first kappa shape index (κ1) is 19.8. The molecule has 3 atom stereocenters. The van der Waals surface area contributed by atoms with Crippen molar-refractivity contribution in [3.63, 3.8) is 0 Å². The first-order valence-electron chi connectivity index (χ1n) is 9.19. The van der Waals surface area contributed by atoms with Gasteiger partial charge in [0.2, 0.25) is 0 Å². The van der Waals surface area contributed by atoms with Gasteiger partial charge >= 0.3 is 5.97 Å². The van der Waals surface area contributed by atoms with Crippen LogP contribution < -0.4 is 0 Å². The molecule has 0 amide bonds. The topological polar surface area (TPSA) is 57.5 Å². The molecule has 0 bridgehead atoms. The van der Waals surface area contributed by atoms with Crippen LogP contribution in [0.25, 0.3) is 0 Å². The molecule has 1 aliphatic carbocycles. The maximum Gasteiger partial charge on any atom is 0.303 e. The van der Waals surface area contributed by atoms with Gasteiger partial charge in [-0.3, -0.25) is 4.79 Å². The standard InChI is InChI=1S/C20H32O3/c1-2-3-6-13-19(21)14-8-5-4-7-11-17-16-18(17)12-9-10-15-20(22)23/h4-5,17-19,21H,2-3,6-7,9-13,15-16H2,1H3,(H,22,23)/t17-,18+,19+/m0/s1. The molecule has 0 aromatic carbocycles. The number of carbonyl (C=O) groups is 1. The number of allylic oxidation sites excluding steroid dienone is 2. The fourth-order valence-electron chi connectivity index (χ4n) is 2.96. The molecule has 23 heavy (non-hydrogen) atoms. The van der Waals surface area contributed by atoms with Gasteiger partial charge in [-0.15, -0.1) is 0 Å². The third-order valence-electron chi connectivity index (χ3n) is 4.52. The second-order valence-corrected chi connectivity index (χ2v) is 6.68. The summed E-state index contributed by atoms with van der Waals surface area (Å²) in [5.41, 5.74) is 0. The lowest BCUT2D eigenvalue weighted by Gasteiger charge is -2.00. The Bertz CT molecular complexity index is 416. The summed E-state index contributed by atoms with van der Waals surface area (Å²) in [5, 5.41) is 18.2. The number of aliphatic hydroxyl groups is 1. The predicted molar refractivity (Wildman–Crippen MR) is 94.0 cm³/mol. The summed E-state index contributed by atoms with van der Waals surface area (Å²) in [4.78, 5) is 10.4. The summed E-state index contributed by atoms with van der Waals surface area (Å²) in [6, 6.07) is 0. The highest BCUT2D eigenvalue weighted by molar-refractivity contribution is 5.66. The van der Waals surface area contributed by atoms with Gasteiger partial charge in [-0.2, -0.15) is 0 Å². The molecule has 0 aromatic rings. The van der Waals surface area contributed by atoms with E-state index in [2.05, 4.69) is 24.8 Å². The van der Waals surface area contributed by atoms with Crippen LogP contribution >= 0.6 is 0 Å². The third-order valence-corrected chi connectivity index (χ3v) is 4.52. The highest BCUT2D eigenvalue weighted by atomic mass is 16.4. The zero-order valence-electron chi connectivity index (χ0n) is 14.5. The minimum Gasteiger partial charge on any atom is -0.481 e. The number of unbranched alkanes of at least 4 members (excludes halogenated alkanes) is 3. The summed E-state index contributed by atoms with van der Waals surface area (Å²) in [7, 11) is 0. The first-order chi connectivity index (χ1) is 11.1. The van der Waals surface area contributed by atoms with Crippen LogP contribution in [0.2, 0.25) is 0 Å². The fourth-order valence-corrected chi connectivity index (χ4v) is 2.96. The van der Waals surface area contributed by atoms with Gasteiger partial charge < -0.3 is 10.2 Å². The molecule has 0 spiro atoms. The molecule has 1 saturated carbocycles. The summed E-state index contributed by atoms with van der Waals surface area (Å²) in [6.07, 6.45) is 14.6. The number of rotatable bonds is 12. The van der Waals surface area contributed by atoms with E-state index in [1.165, 1.54) is 25.7 Å². The van der Waals surface area contributed by atoms with E-state index in [0.717, 1.165) is 50.4 Å². The highest BCUT2D eigenvalue weighted by Gasteiger charge is 2.34. The summed E-state index contributed by atoms with van der Waals surface area (Å²) in [5.74, 6) is 6.77. The molecular weight excluding hydrogens is 288 g/mol. The molecule has 3 heteroatoms. The van der Waals surface area contributed by atoms with Crippen molar-refractivity contribution >= 4 is 5.97 Å². The number of hydrogen-bond donors (Lipinski definition) is 2. The van der Waals surface area contributed by atoms with Crippen LogP contribution in [0.1, 0.15) is 77.6 Å². The van der Waals surface area contributed by atoms with Crippen molar-refractivity contribution in [2.45, 2.75) is 83.7 Å². The molecule has 0 aromatic heterocycles. The Morgan fingerprint density at radius 2 is 2.00 bits per heavy atom. The van der Waals surface area contributed by atoms with E-state index in [0.29, 0.717) is 6.42 Å². The van der Waals surface area contributed by atoms with Crippen LogP contribution in [0.5, 0.6) is 0 Å². The second kappa shape index (κ2) is 12.2. The molecule has 2 N–H and O–H groups in total. The molecule has 0 radical (unpaired) electrons. The predicted octanol–water partition coefficient (Wildman–Crippen LogP) is 4.55. The van der Waals surface area contributed by atoms with E-state index in [9.17, 15) is 9.90 Å². The number of carboxylic acid groups (broad SMARTS) is 1. The van der Waals surface area contributed by atoms with Crippen LogP contribution in [-0.2, 0) is 4.79 Å². The van der Waals surface area contributed by atoms with Gasteiger partial charge in [0.15, 0.2) is 0 Å².